The van der Waals surface area contributed by atoms with Gasteiger partial charge >= 0.3 is 0 Å². The van der Waals surface area contributed by atoms with E-state index in [0.29, 0.717) is 0 Å². The molecule has 0 aliphatic carbocycles. The molecular weight excluding hydrogens is 156 g/mol. The smallest absolute Gasteiger partial charge is 0.0279 e. The Morgan fingerprint density at radius 1 is 0.923 bits per heavy atom. The lowest BCUT2D eigenvalue weighted by Crippen LogP contribution is -1.86. The largest absolute Gasteiger partial charge is 0.0959 e. The summed E-state index contributed by atoms with van der Waals surface area (Å²) < 4.78 is 0. The van der Waals surface area contributed by atoms with E-state index in [-0.39, 0.29) is 0 Å². The summed E-state index contributed by atoms with van der Waals surface area (Å²) in [5, 5.41) is 0. The van der Waals surface area contributed by atoms with Crippen molar-refractivity contribution in [1.29, 1.82) is 0 Å². The summed E-state index contributed by atoms with van der Waals surface area (Å²) >= 11 is 0. The molecular formula is C13H22. The van der Waals surface area contributed by atoms with Crippen LogP contribution in [0.5, 0.6) is 0 Å². The highest BCUT2D eigenvalue weighted by Crippen LogP contribution is 2.16. The van der Waals surface area contributed by atoms with Gasteiger partial charge in [0.05, 0.1) is 0 Å². The Morgan fingerprint density at radius 2 is 1.46 bits per heavy atom. The molecule has 0 heteroatoms. The number of hydrogen-bond donors (Lipinski definition) is 0. The molecule has 74 valence electrons. The molecule has 0 rings (SSSR count). The summed E-state index contributed by atoms with van der Waals surface area (Å²) in [6.45, 7) is 16.4. The van der Waals surface area contributed by atoms with Gasteiger partial charge in [0.15, 0.2) is 0 Å². The molecule has 0 saturated heterocycles. The van der Waals surface area contributed by atoms with Crippen molar-refractivity contribution in [2.45, 2.75) is 47.0 Å². The second kappa shape index (κ2) is 5.80. The second-order valence-electron chi connectivity index (χ2n) is 4.02. The molecule has 0 aliphatic rings. The molecule has 0 radical (unpaired) electrons. The first-order chi connectivity index (χ1) is 5.95. The Morgan fingerprint density at radius 3 is 1.85 bits per heavy atom. The summed E-state index contributed by atoms with van der Waals surface area (Å²) in [5.41, 5.74) is 5.27. The van der Waals surface area contributed by atoms with Crippen LogP contribution in [0.3, 0.4) is 0 Å². The van der Waals surface area contributed by atoms with Crippen LogP contribution < -0.4 is 0 Å². The first-order valence-corrected chi connectivity index (χ1v) is 4.91. The first-order valence-electron chi connectivity index (χ1n) is 4.91. The van der Waals surface area contributed by atoms with Crippen LogP contribution in [0.1, 0.15) is 47.0 Å². The van der Waals surface area contributed by atoms with E-state index in [0.717, 1.165) is 12.0 Å². The van der Waals surface area contributed by atoms with E-state index in [9.17, 15) is 0 Å². The van der Waals surface area contributed by atoms with E-state index >= 15 is 0 Å². The van der Waals surface area contributed by atoms with Gasteiger partial charge < -0.3 is 0 Å². The van der Waals surface area contributed by atoms with Crippen molar-refractivity contribution >= 4 is 0 Å². The van der Waals surface area contributed by atoms with Crippen molar-refractivity contribution in [3.8, 4) is 0 Å². The molecule has 0 saturated carbocycles. The van der Waals surface area contributed by atoms with Crippen molar-refractivity contribution in [1.82, 2.24) is 0 Å². The molecule has 0 nitrogen and oxygen atoms in total. The van der Waals surface area contributed by atoms with Crippen LogP contribution in [-0.2, 0) is 0 Å². The monoisotopic (exact) mass is 178 g/mol. The minimum atomic E-state index is 1.08. The fourth-order valence-corrected chi connectivity index (χ4v) is 1.03. The molecule has 0 atom stereocenters. The van der Waals surface area contributed by atoms with Crippen LogP contribution in [0.25, 0.3) is 0 Å². The molecule has 0 aromatic rings. The van der Waals surface area contributed by atoms with Gasteiger partial charge in [-0.15, -0.1) is 0 Å². The topological polar surface area (TPSA) is 0 Å². The molecule has 0 aromatic heterocycles. The minimum Gasteiger partial charge on any atom is -0.0959 e. The SMILES string of the molecule is C=C(C)C(=C)CCCC(C)=C(C)C. The molecule has 0 unspecified atom stereocenters. The fraction of sp³-hybridized carbons (Fsp3) is 0.538. The molecule has 0 aromatic carbocycles. The highest BCUT2D eigenvalue weighted by molar-refractivity contribution is 5.22. The van der Waals surface area contributed by atoms with E-state index in [1.165, 1.54) is 29.6 Å². The van der Waals surface area contributed by atoms with Gasteiger partial charge in [-0.3, -0.25) is 0 Å². The highest BCUT2D eigenvalue weighted by atomic mass is 14.0. The van der Waals surface area contributed by atoms with E-state index in [1.807, 2.05) is 6.92 Å². The Balaban J connectivity index is 3.76. The second-order valence-corrected chi connectivity index (χ2v) is 4.02. The Kier molecular flexibility index (Phi) is 5.45. The van der Waals surface area contributed by atoms with Crippen LogP contribution in [0.2, 0.25) is 0 Å². The van der Waals surface area contributed by atoms with Crippen molar-refractivity contribution < 1.29 is 0 Å². The van der Waals surface area contributed by atoms with Crippen LogP contribution in [0.15, 0.2) is 35.5 Å². The van der Waals surface area contributed by atoms with Crippen molar-refractivity contribution in [2.75, 3.05) is 0 Å². The maximum Gasteiger partial charge on any atom is -0.0279 e. The Hall–Kier alpha value is -0.780. The normalized spacial score (nSPS) is 9.54. The summed E-state index contributed by atoms with van der Waals surface area (Å²) in [4.78, 5) is 0. The third kappa shape index (κ3) is 5.46. The number of hydrogen-bond acceptors (Lipinski definition) is 0. The zero-order valence-electron chi connectivity index (χ0n) is 9.54. The lowest BCUT2D eigenvalue weighted by molar-refractivity contribution is 0.802. The van der Waals surface area contributed by atoms with Crippen molar-refractivity contribution in [2.24, 2.45) is 0 Å². The van der Waals surface area contributed by atoms with Crippen LogP contribution in [-0.4, -0.2) is 0 Å². The summed E-state index contributed by atoms with van der Waals surface area (Å²) in [6, 6.07) is 0. The molecule has 0 bridgehead atoms. The molecule has 0 aliphatic heterocycles. The van der Waals surface area contributed by atoms with Gasteiger partial charge in [-0.25, -0.2) is 0 Å². The zero-order chi connectivity index (χ0) is 10.4. The molecule has 0 spiro atoms. The maximum absolute atomic E-state index is 3.98. The third-order valence-corrected chi connectivity index (χ3v) is 2.49. The van der Waals surface area contributed by atoms with Gasteiger partial charge in [0.2, 0.25) is 0 Å². The van der Waals surface area contributed by atoms with Crippen molar-refractivity contribution in [3.05, 3.63) is 35.5 Å². The van der Waals surface area contributed by atoms with E-state index in [1.54, 1.807) is 0 Å². The average Bonchev–Trinajstić information content (AvgIpc) is 2.03. The van der Waals surface area contributed by atoms with Crippen LogP contribution in [0.4, 0.5) is 0 Å². The molecule has 0 amide bonds. The van der Waals surface area contributed by atoms with Gasteiger partial charge in [-0.1, -0.05) is 35.5 Å². The lowest BCUT2D eigenvalue weighted by atomic mass is 10.0. The minimum absolute atomic E-state index is 1.08. The lowest BCUT2D eigenvalue weighted by Gasteiger charge is -2.06. The van der Waals surface area contributed by atoms with Gasteiger partial charge in [-0.05, 0) is 47.0 Å². The number of allylic oxidation sites excluding steroid dienone is 4. The van der Waals surface area contributed by atoms with Crippen LogP contribution >= 0.6 is 0 Å². The first kappa shape index (κ1) is 12.2. The average molecular weight is 178 g/mol. The predicted molar refractivity (Wildman–Crippen MR) is 61.9 cm³/mol. The summed E-state index contributed by atoms with van der Waals surface area (Å²) in [5.74, 6) is 0. The molecule has 0 heterocycles. The summed E-state index contributed by atoms with van der Waals surface area (Å²) in [7, 11) is 0. The molecule has 13 heavy (non-hydrogen) atoms. The van der Waals surface area contributed by atoms with Gasteiger partial charge in [0, 0.05) is 0 Å². The fourth-order valence-electron chi connectivity index (χ4n) is 1.03. The molecule has 0 N–H and O–H groups in total. The predicted octanol–water partition coefficient (Wildman–Crippen LogP) is 4.65. The maximum atomic E-state index is 3.98. The van der Waals surface area contributed by atoms with Crippen molar-refractivity contribution in [3.63, 3.8) is 0 Å². The van der Waals surface area contributed by atoms with Gasteiger partial charge in [-0.2, -0.15) is 0 Å². The third-order valence-electron chi connectivity index (χ3n) is 2.49. The van der Waals surface area contributed by atoms with Gasteiger partial charge in [0.25, 0.3) is 0 Å². The molecule has 0 fully saturated rings. The summed E-state index contributed by atoms with van der Waals surface area (Å²) in [6.07, 6.45) is 3.47. The zero-order valence-corrected chi connectivity index (χ0v) is 9.54. The van der Waals surface area contributed by atoms with Crippen LogP contribution in [0, 0.1) is 0 Å². The Labute approximate surface area is 83.0 Å². The quantitative estimate of drug-likeness (QED) is 0.425. The Bertz CT molecular complexity index is 224. The van der Waals surface area contributed by atoms with E-state index in [2.05, 4.69) is 33.9 Å². The van der Waals surface area contributed by atoms with Gasteiger partial charge in [0.1, 0.15) is 0 Å². The standard InChI is InChI=1S/C13H22/c1-10(2)12(5)8-7-9-13(6)11(3)4/h1,5,7-9H2,2-4,6H3. The number of rotatable bonds is 5. The highest BCUT2D eigenvalue weighted by Gasteiger charge is 1.97. The van der Waals surface area contributed by atoms with E-state index in [4.69, 9.17) is 0 Å². The van der Waals surface area contributed by atoms with E-state index < -0.39 is 0 Å².